The molecule has 0 aromatic heterocycles. The Morgan fingerprint density at radius 2 is 1.55 bits per heavy atom. The van der Waals surface area contributed by atoms with Crippen LogP contribution in [0.4, 0.5) is 5.69 Å². The zero-order valence-corrected chi connectivity index (χ0v) is 26.8. The van der Waals surface area contributed by atoms with Crippen LogP contribution < -0.4 is 19.1 Å². The molecule has 1 aliphatic rings. The molecule has 2 amide bonds. The smallest absolute Gasteiger partial charge is 0.264 e. The minimum atomic E-state index is -4.17. The number of carbonyl (C=O) groups is 2. The van der Waals surface area contributed by atoms with Gasteiger partial charge in [0.15, 0.2) is 0 Å². The zero-order chi connectivity index (χ0) is 31.7. The summed E-state index contributed by atoms with van der Waals surface area (Å²) in [6.07, 6.45) is 5.44. The van der Waals surface area contributed by atoms with Crippen LogP contribution in [0, 0.1) is 6.92 Å². The number of anilines is 1. The van der Waals surface area contributed by atoms with Crippen LogP contribution >= 0.6 is 0 Å². The van der Waals surface area contributed by atoms with Crippen molar-refractivity contribution < 1.29 is 27.5 Å². The van der Waals surface area contributed by atoms with Gasteiger partial charge in [0, 0.05) is 18.7 Å². The van der Waals surface area contributed by atoms with Crippen molar-refractivity contribution in [3.63, 3.8) is 0 Å². The number of amides is 2. The number of rotatable bonds is 13. The maximum absolute atomic E-state index is 14.3. The van der Waals surface area contributed by atoms with E-state index in [0.717, 1.165) is 47.5 Å². The van der Waals surface area contributed by atoms with Gasteiger partial charge in [-0.3, -0.25) is 13.9 Å². The molecular formula is C34H43N3O6S. The molecule has 9 nitrogen and oxygen atoms in total. The molecule has 1 fully saturated rings. The van der Waals surface area contributed by atoms with Crippen molar-refractivity contribution in [1.29, 1.82) is 0 Å². The summed E-state index contributed by atoms with van der Waals surface area (Å²) < 4.78 is 40.1. The van der Waals surface area contributed by atoms with Crippen molar-refractivity contribution in [3.05, 3.63) is 83.9 Å². The van der Waals surface area contributed by atoms with Gasteiger partial charge in [-0.25, -0.2) is 8.42 Å². The number of sulfonamides is 1. The zero-order valence-electron chi connectivity index (χ0n) is 26.0. The van der Waals surface area contributed by atoms with Crippen molar-refractivity contribution in [2.75, 3.05) is 25.1 Å². The predicted molar refractivity (Wildman–Crippen MR) is 171 cm³/mol. The van der Waals surface area contributed by atoms with Crippen molar-refractivity contribution in [2.45, 2.75) is 75.9 Å². The number of hydrogen-bond acceptors (Lipinski definition) is 6. The Hall–Kier alpha value is -4.05. The van der Waals surface area contributed by atoms with E-state index in [1.165, 1.54) is 24.1 Å². The molecule has 3 aromatic carbocycles. The number of hydrogen-bond donors (Lipinski definition) is 1. The van der Waals surface area contributed by atoms with Crippen LogP contribution in [0.2, 0.25) is 0 Å². The fourth-order valence-corrected chi connectivity index (χ4v) is 6.97. The Balaban J connectivity index is 1.73. The second kappa shape index (κ2) is 15.1. The van der Waals surface area contributed by atoms with Crippen LogP contribution in [0.3, 0.4) is 0 Å². The Morgan fingerprint density at radius 1 is 0.909 bits per heavy atom. The Kier molecular flexibility index (Phi) is 11.3. The molecule has 0 heterocycles. The van der Waals surface area contributed by atoms with E-state index in [2.05, 4.69) is 5.32 Å². The predicted octanol–water partition coefficient (Wildman–Crippen LogP) is 5.46. The molecule has 1 aliphatic carbocycles. The molecule has 0 unspecified atom stereocenters. The average Bonchev–Trinajstić information content (AvgIpc) is 3.04. The summed E-state index contributed by atoms with van der Waals surface area (Å²) in [5.41, 5.74) is 1.95. The number of methoxy groups -OCH3 is 2. The van der Waals surface area contributed by atoms with Crippen LogP contribution in [0.25, 0.3) is 0 Å². The van der Waals surface area contributed by atoms with Crippen LogP contribution in [-0.4, -0.2) is 58.0 Å². The summed E-state index contributed by atoms with van der Waals surface area (Å²) in [6.45, 7) is 3.32. The third kappa shape index (κ3) is 8.11. The van der Waals surface area contributed by atoms with E-state index in [9.17, 15) is 18.0 Å². The van der Waals surface area contributed by atoms with Crippen LogP contribution in [-0.2, 0) is 26.2 Å². The lowest BCUT2D eigenvalue weighted by Gasteiger charge is -2.34. The van der Waals surface area contributed by atoms with Gasteiger partial charge in [0.25, 0.3) is 10.0 Å². The fourth-order valence-electron chi connectivity index (χ4n) is 5.56. The molecule has 0 spiro atoms. The van der Waals surface area contributed by atoms with E-state index in [-0.39, 0.29) is 29.1 Å². The maximum Gasteiger partial charge on any atom is 0.264 e. The molecule has 1 saturated carbocycles. The number of carbonyl (C=O) groups excluding carboxylic acids is 2. The number of nitrogens with one attached hydrogen (secondary N) is 1. The molecule has 0 aliphatic heterocycles. The second-order valence-corrected chi connectivity index (χ2v) is 13.0. The van der Waals surface area contributed by atoms with E-state index in [1.807, 2.05) is 32.0 Å². The van der Waals surface area contributed by atoms with Gasteiger partial charge in [0.2, 0.25) is 11.8 Å². The Labute approximate surface area is 261 Å². The first-order valence-corrected chi connectivity index (χ1v) is 16.6. The number of benzene rings is 3. The molecule has 0 bridgehead atoms. The van der Waals surface area contributed by atoms with E-state index < -0.39 is 28.5 Å². The standard InChI is InChI=1S/C34H43N3O6S/c1-5-32(34(39)35-27-12-7-6-8-13-27)36(23-26-11-9-15-29(21-26)42-3)33(38)24-37(28-14-10-16-30(22-28)43-4)44(40,41)31-19-17-25(2)18-20-31/h9-11,14-22,27,32H,5-8,12-13,23-24H2,1-4H3,(H,35,39)/t32-/m0/s1. The summed E-state index contributed by atoms with van der Waals surface area (Å²) in [6, 6.07) is 19.7. The van der Waals surface area contributed by atoms with Gasteiger partial charge in [-0.1, -0.05) is 62.1 Å². The highest BCUT2D eigenvalue weighted by Gasteiger charge is 2.34. The van der Waals surface area contributed by atoms with Gasteiger partial charge in [0.05, 0.1) is 24.8 Å². The number of nitrogens with zero attached hydrogens (tertiary/aromatic N) is 2. The third-order valence-electron chi connectivity index (χ3n) is 8.05. The second-order valence-electron chi connectivity index (χ2n) is 11.2. The number of ether oxygens (including phenoxy) is 2. The molecule has 0 radical (unpaired) electrons. The largest absolute Gasteiger partial charge is 0.497 e. The van der Waals surface area contributed by atoms with Gasteiger partial charge in [-0.15, -0.1) is 0 Å². The van der Waals surface area contributed by atoms with Crippen molar-refractivity contribution in [3.8, 4) is 11.5 Å². The number of aryl methyl sites for hydroxylation is 1. The van der Waals surface area contributed by atoms with Gasteiger partial charge in [-0.2, -0.15) is 0 Å². The molecule has 1 N–H and O–H groups in total. The summed E-state index contributed by atoms with van der Waals surface area (Å²) in [5, 5.41) is 3.17. The summed E-state index contributed by atoms with van der Waals surface area (Å²) in [7, 11) is -1.11. The van der Waals surface area contributed by atoms with E-state index >= 15 is 0 Å². The first-order valence-electron chi connectivity index (χ1n) is 15.1. The molecule has 10 heteroatoms. The highest BCUT2D eigenvalue weighted by atomic mass is 32.2. The topological polar surface area (TPSA) is 105 Å². The maximum atomic E-state index is 14.3. The lowest BCUT2D eigenvalue weighted by atomic mass is 9.95. The molecular weight excluding hydrogens is 578 g/mol. The Bertz CT molecular complexity index is 1520. The van der Waals surface area contributed by atoms with Crippen molar-refractivity contribution in [1.82, 2.24) is 10.2 Å². The summed E-state index contributed by atoms with van der Waals surface area (Å²) in [4.78, 5) is 29.6. The average molecular weight is 622 g/mol. The minimum absolute atomic E-state index is 0.0557. The van der Waals surface area contributed by atoms with E-state index in [0.29, 0.717) is 17.9 Å². The van der Waals surface area contributed by atoms with Gasteiger partial charge in [0.1, 0.15) is 24.1 Å². The van der Waals surface area contributed by atoms with Gasteiger partial charge < -0.3 is 19.7 Å². The highest BCUT2D eigenvalue weighted by molar-refractivity contribution is 7.92. The van der Waals surface area contributed by atoms with Crippen molar-refractivity contribution in [2.24, 2.45) is 0 Å². The van der Waals surface area contributed by atoms with E-state index in [1.54, 1.807) is 49.6 Å². The molecule has 236 valence electrons. The molecule has 44 heavy (non-hydrogen) atoms. The normalized spacial score (nSPS) is 14.4. The molecule has 0 saturated heterocycles. The first kappa shape index (κ1) is 32.9. The van der Waals surface area contributed by atoms with Crippen LogP contribution in [0.1, 0.15) is 56.6 Å². The third-order valence-corrected chi connectivity index (χ3v) is 9.84. The minimum Gasteiger partial charge on any atom is -0.497 e. The van der Waals surface area contributed by atoms with Gasteiger partial charge >= 0.3 is 0 Å². The summed E-state index contributed by atoms with van der Waals surface area (Å²) in [5.74, 6) is 0.335. The summed E-state index contributed by atoms with van der Waals surface area (Å²) >= 11 is 0. The van der Waals surface area contributed by atoms with Crippen molar-refractivity contribution >= 4 is 27.5 Å². The molecule has 4 rings (SSSR count). The van der Waals surface area contributed by atoms with E-state index in [4.69, 9.17) is 9.47 Å². The Morgan fingerprint density at radius 3 is 2.18 bits per heavy atom. The monoisotopic (exact) mass is 621 g/mol. The van der Waals surface area contributed by atoms with Gasteiger partial charge in [-0.05, 0) is 68.1 Å². The molecule has 3 aromatic rings. The lowest BCUT2D eigenvalue weighted by Crippen LogP contribution is -2.54. The first-order chi connectivity index (χ1) is 21.2. The fraction of sp³-hybridized carbons (Fsp3) is 0.412. The SMILES string of the molecule is CC[C@@H](C(=O)NC1CCCCC1)N(Cc1cccc(OC)c1)C(=O)CN(c1cccc(OC)c1)S(=O)(=O)c1ccc(C)cc1. The highest BCUT2D eigenvalue weighted by Crippen LogP contribution is 2.28. The van der Waals surface area contributed by atoms with Crippen LogP contribution in [0.5, 0.6) is 11.5 Å². The molecule has 1 atom stereocenters. The van der Waals surface area contributed by atoms with Crippen LogP contribution in [0.15, 0.2) is 77.7 Å². The quantitative estimate of drug-likeness (QED) is 0.272. The lowest BCUT2D eigenvalue weighted by molar-refractivity contribution is -0.140.